The number of amides is 2. The zero-order valence-corrected chi connectivity index (χ0v) is 14.5. The first-order chi connectivity index (χ1) is 10.9. The van der Waals surface area contributed by atoms with Gasteiger partial charge in [-0.15, -0.1) is 0 Å². The fraction of sp³-hybridized carbons (Fsp3) is 0.500. The number of carbonyl (C=O) groups excluding carboxylic acids is 2. The van der Waals surface area contributed by atoms with Crippen molar-refractivity contribution in [3.8, 4) is 5.75 Å². The molecule has 0 saturated heterocycles. The first-order valence-electron chi connectivity index (χ1n) is 7.56. The highest BCUT2D eigenvalue weighted by Crippen LogP contribution is 2.15. The lowest BCUT2D eigenvalue weighted by molar-refractivity contribution is -0.129. The predicted octanol–water partition coefficient (Wildman–Crippen LogP) is 1.29. The van der Waals surface area contributed by atoms with Crippen molar-refractivity contribution in [1.29, 1.82) is 0 Å². The highest BCUT2D eigenvalue weighted by Gasteiger charge is 2.15. The van der Waals surface area contributed by atoms with Gasteiger partial charge in [-0.05, 0) is 45.2 Å². The van der Waals surface area contributed by atoms with Crippen LogP contribution in [0.15, 0.2) is 24.3 Å². The molecule has 0 aromatic heterocycles. The summed E-state index contributed by atoms with van der Waals surface area (Å²) >= 11 is 5.80. The number of likely N-dealkylation sites (N-methyl/N-ethyl adjacent to an activating group) is 2. The molecule has 7 heteroatoms. The Morgan fingerprint density at radius 2 is 1.96 bits per heavy atom. The molecule has 0 fully saturated rings. The molecule has 0 aliphatic rings. The second kappa shape index (κ2) is 10.1. The highest BCUT2D eigenvalue weighted by molar-refractivity contribution is 6.30. The largest absolute Gasteiger partial charge is 0.492 e. The molecule has 23 heavy (non-hydrogen) atoms. The molecule has 0 aliphatic carbocycles. The molecule has 0 aliphatic heterocycles. The van der Waals surface area contributed by atoms with Gasteiger partial charge in [-0.25, -0.2) is 0 Å². The van der Waals surface area contributed by atoms with Gasteiger partial charge in [-0.2, -0.15) is 0 Å². The molecule has 0 bridgehead atoms. The Hall–Kier alpha value is -1.79. The molecule has 1 aromatic rings. The molecule has 2 N–H and O–H groups in total. The van der Waals surface area contributed by atoms with E-state index in [0.29, 0.717) is 24.7 Å². The summed E-state index contributed by atoms with van der Waals surface area (Å²) in [4.78, 5) is 25.2. The highest BCUT2D eigenvalue weighted by atomic mass is 35.5. The summed E-state index contributed by atoms with van der Waals surface area (Å²) in [6, 6.07) is 6.57. The Morgan fingerprint density at radius 3 is 2.57 bits per heavy atom. The van der Waals surface area contributed by atoms with Gasteiger partial charge in [0.05, 0.1) is 6.54 Å². The van der Waals surface area contributed by atoms with Gasteiger partial charge in [0.25, 0.3) is 0 Å². The molecule has 0 radical (unpaired) electrons. The first kappa shape index (κ1) is 19.3. The lowest BCUT2D eigenvalue weighted by Gasteiger charge is -2.18. The maximum absolute atomic E-state index is 11.9. The van der Waals surface area contributed by atoms with Crippen LogP contribution >= 0.6 is 11.6 Å². The number of carbonyl (C=O) groups is 2. The van der Waals surface area contributed by atoms with E-state index >= 15 is 0 Å². The molecule has 2 amide bonds. The van der Waals surface area contributed by atoms with Gasteiger partial charge in [0, 0.05) is 18.1 Å². The summed E-state index contributed by atoms with van der Waals surface area (Å²) in [5.41, 5.74) is 0. The quantitative estimate of drug-likeness (QED) is 0.710. The lowest BCUT2D eigenvalue weighted by Crippen LogP contribution is -2.47. The average Bonchev–Trinajstić information content (AvgIpc) is 2.49. The van der Waals surface area contributed by atoms with Crippen molar-refractivity contribution in [2.24, 2.45) is 0 Å². The van der Waals surface area contributed by atoms with Gasteiger partial charge in [0.1, 0.15) is 18.4 Å². The van der Waals surface area contributed by atoms with Crippen molar-refractivity contribution >= 4 is 23.4 Å². The van der Waals surface area contributed by atoms with E-state index in [2.05, 4.69) is 10.6 Å². The van der Waals surface area contributed by atoms with Gasteiger partial charge >= 0.3 is 0 Å². The average molecular weight is 342 g/mol. The second-order valence-electron chi connectivity index (χ2n) is 5.22. The van der Waals surface area contributed by atoms with Crippen LogP contribution in [-0.2, 0) is 9.59 Å². The summed E-state index contributed by atoms with van der Waals surface area (Å²) in [5.74, 6) is 0.351. The maximum Gasteiger partial charge on any atom is 0.242 e. The third-order valence-electron chi connectivity index (χ3n) is 3.09. The van der Waals surface area contributed by atoms with Crippen LogP contribution < -0.4 is 15.4 Å². The molecule has 1 rings (SSSR count). The summed E-state index contributed by atoms with van der Waals surface area (Å²) in [5, 5.41) is 5.98. The Kier molecular flexibility index (Phi) is 8.43. The van der Waals surface area contributed by atoms with Crippen LogP contribution in [0.3, 0.4) is 0 Å². The first-order valence-corrected chi connectivity index (χ1v) is 7.94. The molecule has 1 aromatic carbocycles. The Bertz CT molecular complexity index is 508. The Labute approximate surface area is 142 Å². The number of nitrogens with one attached hydrogen (secondary N) is 2. The van der Waals surface area contributed by atoms with Gasteiger partial charge in [-0.1, -0.05) is 11.6 Å². The van der Waals surface area contributed by atoms with E-state index in [1.807, 2.05) is 18.9 Å². The van der Waals surface area contributed by atoms with Crippen LogP contribution in [0.4, 0.5) is 0 Å². The molecule has 0 spiro atoms. The summed E-state index contributed by atoms with van der Waals surface area (Å²) in [6.07, 6.45) is 0. The number of rotatable bonds is 9. The zero-order chi connectivity index (χ0) is 17.2. The third-order valence-corrected chi connectivity index (χ3v) is 3.34. The van der Waals surface area contributed by atoms with Crippen LogP contribution in [0.5, 0.6) is 5.75 Å². The fourth-order valence-electron chi connectivity index (χ4n) is 1.85. The number of ether oxygens (including phenoxy) is 1. The topological polar surface area (TPSA) is 70.7 Å². The van der Waals surface area contributed by atoms with Gasteiger partial charge < -0.3 is 15.4 Å². The Balaban J connectivity index is 2.24. The molecule has 1 atom stereocenters. The van der Waals surface area contributed by atoms with Crippen molar-refractivity contribution < 1.29 is 14.3 Å². The molecular weight excluding hydrogens is 318 g/mol. The lowest BCUT2D eigenvalue weighted by atomic mass is 10.3. The number of hydrogen-bond acceptors (Lipinski definition) is 4. The van der Waals surface area contributed by atoms with E-state index in [-0.39, 0.29) is 18.4 Å². The third kappa shape index (κ3) is 7.85. The molecule has 6 nitrogen and oxygen atoms in total. The monoisotopic (exact) mass is 341 g/mol. The minimum absolute atomic E-state index is 0.186. The predicted molar refractivity (Wildman–Crippen MR) is 90.7 cm³/mol. The summed E-state index contributed by atoms with van der Waals surface area (Å²) < 4.78 is 5.57. The van der Waals surface area contributed by atoms with Gasteiger partial charge in [-0.3, -0.25) is 14.5 Å². The van der Waals surface area contributed by atoms with Crippen LogP contribution in [0.2, 0.25) is 5.02 Å². The van der Waals surface area contributed by atoms with Crippen LogP contribution in [0.1, 0.15) is 13.8 Å². The van der Waals surface area contributed by atoms with E-state index < -0.39 is 6.04 Å². The molecule has 0 saturated carbocycles. The van der Waals surface area contributed by atoms with Gasteiger partial charge in [0.15, 0.2) is 0 Å². The van der Waals surface area contributed by atoms with Crippen molar-refractivity contribution in [3.05, 3.63) is 29.3 Å². The molecule has 0 heterocycles. The number of halogens is 1. The van der Waals surface area contributed by atoms with Crippen molar-refractivity contribution in [1.82, 2.24) is 15.5 Å². The minimum Gasteiger partial charge on any atom is -0.492 e. The second-order valence-corrected chi connectivity index (χ2v) is 5.66. The van der Waals surface area contributed by atoms with Gasteiger partial charge in [0.2, 0.25) is 11.8 Å². The van der Waals surface area contributed by atoms with E-state index in [1.165, 1.54) is 0 Å². The summed E-state index contributed by atoms with van der Waals surface area (Å²) in [6.45, 7) is 5.28. The van der Waals surface area contributed by atoms with Crippen molar-refractivity contribution in [2.45, 2.75) is 19.9 Å². The zero-order valence-electron chi connectivity index (χ0n) is 13.8. The van der Waals surface area contributed by atoms with Crippen LogP contribution in [0.25, 0.3) is 0 Å². The van der Waals surface area contributed by atoms with E-state index in [0.717, 1.165) is 5.75 Å². The number of nitrogens with zero attached hydrogens (tertiary/aromatic N) is 1. The maximum atomic E-state index is 11.9. The fourth-order valence-corrected chi connectivity index (χ4v) is 1.98. The van der Waals surface area contributed by atoms with Crippen molar-refractivity contribution in [2.75, 3.05) is 33.3 Å². The van der Waals surface area contributed by atoms with Crippen LogP contribution in [0, 0.1) is 0 Å². The van der Waals surface area contributed by atoms with E-state index in [1.54, 1.807) is 31.2 Å². The number of benzene rings is 1. The van der Waals surface area contributed by atoms with Crippen molar-refractivity contribution in [3.63, 3.8) is 0 Å². The molecule has 128 valence electrons. The SMILES string of the molecule is CCNC(=O)[C@H](C)NC(=O)CN(C)CCOc1ccc(Cl)cc1. The smallest absolute Gasteiger partial charge is 0.242 e. The molecular formula is C16H24ClN3O3. The minimum atomic E-state index is -0.541. The molecule has 0 unspecified atom stereocenters. The van der Waals surface area contributed by atoms with E-state index in [9.17, 15) is 9.59 Å². The van der Waals surface area contributed by atoms with E-state index in [4.69, 9.17) is 16.3 Å². The Morgan fingerprint density at radius 1 is 1.30 bits per heavy atom. The number of hydrogen-bond donors (Lipinski definition) is 2. The summed E-state index contributed by atoms with van der Waals surface area (Å²) in [7, 11) is 1.82. The normalized spacial score (nSPS) is 11.9. The standard InChI is InChI=1S/C16H24ClN3O3/c1-4-18-16(22)12(2)19-15(21)11-20(3)9-10-23-14-7-5-13(17)6-8-14/h5-8,12H,4,9-11H2,1-3H3,(H,18,22)(H,19,21)/t12-/m0/s1. The van der Waals surface area contributed by atoms with Crippen LogP contribution in [-0.4, -0.2) is 56.0 Å².